The van der Waals surface area contributed by atoms with Gasteiger partial charge in [0.25, 0.3) is 5.69 Å². The van der Waals surface area contributed by atoms with Gasteiger partial charge in [0.1, 0.15) is 0 Å². The molecule has 0 aliphatic heterocycles. The predicted octanol–water partition coefficient (Wildman–Crippen LogP) is 4.58. The molecule has 0 heterocycles. The molecular formula is C14H13ClN2O2S. The van der Waals surface area contributed by atoms with Gasteiger partial charge in [-0.15, -0.1) is 11.8 Å². The number of rotatable bonds is 5. The largest absolute Gasteiger partial charge is 0.388 e. The molecule has 0 fully saturated rings. The number of thioether (sulfide) groups is 1. The molecule has 0 atom stereocenters. The molecule has 0 saturated carbocycles. The van der Waals surface area contributed by atoms with E-state index in [9.17, 15) is 10.1 Å². The SMILES string of the molecule is CNc1ccc([N+](=O)[O-])cc1CSc1cccc(Cl)c1. The van der Waals surface area contributed by atoms with Crippen LogP contribution < -0.4 is 5.32 Å². The number of nitro groups is 1. The fourth-order valence-electron chi connectivity index (χ4n) is 1.77. The number of anilines is 1. The molecule has 0 aromatic heterocycles. The molecule has 0 bridgehead atoms. The first-order valence-electron chi connectivity index (χ1n) is 5.93. The molecule has 0 saturated heterocycles. The van der Waals surface area contributed by atoms with Crippen LogP contribution in [0.5, 0.6) is 0 Å². The third-order valence-electron chi connectivity index (χ3n) is 2.76. The fraction of sp³-hybridized carbons (Fsp3) is 0.143. The zero-order valence-corrected chi connectivity index (χ0v) is 12.4. The van der Waals surface area contributed by atoms with Crippen molar-refractivity contribution in [2.75, 3.05) is 12.4 Å². The van der Waals surface area contributed by atoms with Gasteiger partial charge in [-0.05, 0) is 29.8 Å². The highest BCUT2D eigenvalue weighted by molar-refractivity contribution is 7.98. The monoisotopic (exact) mass is 308 g/mol. The predicted molar refractivity (Wildman–Crippen MR) is 83.7 cm³/mol. The number of nitro benzene ring substituents is 1. The number of hydrogen-bond donors (Lipinski definition) is 1. The molecule has 104 valence electrons. The normalized spacial score (nSPS) is 10.3. The lowest BCUT2D eigenvalue weighted by atomic mass is 10.2. The van der Waals surface area contributed by atoms with E-state index in [1.165, 1.54) is 6.07 Å². The van der Waals surface area contributed by atoms with E-state index in [-0.39, 0.29) is 10.6 Å². The Hall–Kier alpha value is -1.72. The molecule has 2 aromatic rings. The van der Waals surface area contributed by atoms with Crippen molar-refractivity contribution in [3.05, 3.63) is 63.2 Å². The van der Waals surface area contributed by atoms with E-state index in [0.29, 0.717) is 10.8 Å². The van der Waals surface area contributed by atoms with E-state index in [0.717, 1.165) is 16.1 Å². The number of nitrogens with one attached hydrogen (secondary N) is 1. The summed E-state index contributed by atoms with van der Waals surface area (Å²) < 4.78 is 0. The molecule has 0 unspecified atom stereocenters. The van der Waals surface area contributed by atoms with Crippen LogP contribution >= 0.6 is 23.4 Å². The van der Waals surface area contributed by atoms with E-state index < -0.39 is 0 Å². The zero-order valence-electron chi connectivity index (χ0n) is 10.8. The third kappa shape index (κ3) is 3.65. The molecule has 1 N–H and O–H groups in total. The van der Waals surface area contributed by atoms with Gasteiger partial charge in [0, 0.05) is 40.5 Å². The third-order valence-corrected chi connectivity index (χ3v) is 4.04. The average Bonchev–Trinajstić information content (AvgIpc) is 2.44. The highest BCUT2D eigenvalue weighted by Gasteiger charge is 2.10. The summed E-state index contributed by atoms with van der Waals surface area (Å²) in [6.07, 6.45) is 0. The van der Waals surface area contributed by atoms with Gasteiger partial charge >= 0.3 is 0 Å². The van der Waals surface area contributed by atoms with E-state index in [1.807, 2.05) is 24.3 Å². The van der Waals surface area contributed by atoms with Gasteiger partial charge in [-0.25, -0.2) is 0 Å². The minimum absolute atomic E-state index is 0.102. The quantitative estimate of drug-likeness (QED) is 0.499. The van der Waals surface area contributed by atoms with Crippen molar-refractivity contribution < 1.29 is 4.92 Å². The zero-order chi connectivity index (χ0) is 14.5. The lowest BCUT2D eigenvalue weighted by Gasteiger charge is -2.09. The Morgan fingerprint density at radius 3 is 2.75 bits per heavy atom. The summed E-state index contributed by atoms with van der Waals surface area (Å²) in [7, 11) is 1.80. The molecule has 2 rings (SSSR count). The summed E-state index contributed by atoms with van der Waals surface area (Å²) in [5, 5.41) is 14.6. The van der Waals surface area contributed by atoms with Crippen molar-refractivity contribution in [3.8, 4) is 0 Å². The van der Waals surface area contributed by atoms with Crippen LogP contribution in [0.1, 0.15) is 5.56 Å². The van der Waals surface area contributed by atoms with Crippen LogP contribution in [-0.4, -0.2) is 12.0 Å². The van der Waals surface area contributed by atoms with E-state index in [2.05, 4.69) is 5.32 Å². The van der Waals surface area contributed by atoms with Gasteiger partial charge in [-0.1, -0.05) is 17.7 Å². The van der Waals surface area contributed by atoms with E-state index in [4.69, 9.17) is 11.6 Å². The van der Waals surface area contributed by atoms with Gasteiger partial charge in [-0.3, -0.25) is 10.1 Å². The van der Waals surface area contributed by atoms with Crippen molar-refractivity contribution in [1.82, 2.24) is 0 Å². The highest BCUT2D eigenvalue weighted by Crippen LogP contribution is 2.30. The van der Waals surface area contributed by atoms with Crippen molar-refractivity contribution in [1.29, 1.82) is 0 Å². The first-order valence-corrected chi connectivity index (χ1v) is 7.30. The Kier molecular flexibility index (Phi) is 4.87. The molecule has 0 aliphatic carbocycles. The Bertz CT molecular complexity index is 634. The summed E-state index contributed by atoms with van der Waals surface area (Å²) in [4.78, 5) is 11.5. The molecule has 0 amide bonds. The Morgan fingerprint density at radius 1 is 1.30 bits per heavy atom. The van der Waals surface area contributed by atoms with Crippen molar-refractivity contribution >= 4 is 34.7 Å². The molecule has 4 nitrogen and oxygen atoms in total. The second-order valence-electron chi connectivity index (χ2n) is 4.09. The van der Waals surface area contributed by atoms with Crippen LogP contribution in [0.15, 0.2) is 47.4 Å². The summed E-state index contributed by atoms with van der Waals surface area (Å²) in [6.45, 7) is 0. The minimum atomic E-state index is -0.382. The molecular weight excluding hydrogens is 296 g/mol. The van der Waals surface area contributed by atoms with Crippen LogP contribution in [-0.2, 0) is 5.75 Å². The topological polar surface area (TPSA) is 55.2 Å². The molecule has 6 heteroatoms. The molecule has 20 heavy (non-hydrogen) atoms. The summed E-state index contributed by atoms with van der Waals surface area (Å²) >= 11 is 7.53. The van der Waals surface area contributed by atoms with Crippen molar-refractivity contribution in [3.63, 3.8) is 0 Å². The minimum Gasteiger partial charge on any atom is -0.388 e. The lowest BCUT2D eigenvalue weighted by Crippen LogP contribution is -1.96. The number of halogens is 1. The smallest absolute Gasteiger partial charge is 0.269 e. The number of non-ortho nitro benzene ring substituents is 1. The Morgan fingerprint density at radius 2 is 2.10 bits per heavy atom. The van der Waals surface area contributed by atoms with Crippen molar-refractivity contribution in [2.24, 2.45) is 0 Å². The van der Waals surface area contributed by atoms with Crippen LogP contribution in [0.2, 0.25) is 5.02 Å². The lowest BCUT2D eigenvalue weighted by molar-refractivity contribution is -0.384. The van der Waals surface area contributed by atoms with Gasteiger partial charge in [-0.2, -0.15) is 0 Å². The van der Waals surface area contributed by atoms with E-state index in [1.54, 1.807) is 30.9 Å². The average molecular weight is 309 g/mol. The summed E-state index contributed by atoms with van der Waals surface area (Å²) in [5.41, 5.74) is 1.89. The van der Waals surface area contributed by atoms with Crippen molar-refractivity contribution in [2.45, 2.75) is 10.6 Å². The second kappa shape index (κ2) is 6.63. The molecule has 0 aliphatic rings. The fourth-order valence-corrected chi connectivity index (χ4v) is 2.98. The van der Waals surface area contributed by atoms with Gasteiger partial charge in [0.05, 0.1) is 4.92 Å². The first kappa shape index (κ1) is 14.7. The maximum absolute atomic E-state index is 10.8. The second-order valence-corrected chi connectivity index (χ2v) is 5.58. The molecule has 2 aromatic carbocycles. The summed E-state index contributed by atoms with van der Waals surface area (Å²) in [5.74, 6) is 0.637. The van der Waals surface area contributed by atoms with Gasteiger partial charge in [0.2, 0.25) is 0 Å². The van der Waals surface area contributed by atoms with E-state index >= 15 is 0 Å². The van der Waals surface area contributed by atoms with Crippen LogP contribution in [0, 0.1) is 10.1 Å². The van der Waals surface area contributed by atoms with Gasteiger partial charge in [0.15, 0.2) is 0 Å². The standard InChI is InChI=1S/C14H13ClN2O2S/c1-16-14-6-5-12(17(18)19)7-10(14)9-20-13-4-2-3-11(15)8-13/h2-8,16H,9H2,1H3. The first-order chi connectivity index (χ1) is 9.60. The molecule has 0 spiro atoms. The number of benzene rings is 2. The Balaban J connectivity index is 2.19. The number of nitrogens with zero attached hydrogens (tertiary/aromatic N) is 1. The van der Waals surface area contributed by atoms with Crippen LogP contribution in [0.4, 0.5) is 11.4 Å². The van der Waals surface area contributed by atoms with Gasteiger partial charge < -0.3 is 5.32 Å². The highest BCUT2D eigenvalue weighted by atomic mass is 35.5. The Labute approximate surface area is 126 Å². The van der Waals surface area contributed by atoms with Crippen LogP contribution in [0.3, 0.4) is 0 Å². The maximum Gasteiger partial charge on any atom is 0.269 e. The number of hydrogen-bond acceptors (Lipinski definition) is 4. The van der Waals surface area contributed by atoms with Crippen LogP contribution in [0.25, 0.3) is 0 Å². The summed E-state index contributed by atoms with van der Waals surface area (Å²) in [6, 6.07) is 12.4. The molecule has 0 radical (unpaired) electrons. The maximum atomic E-state index is 10.8.